The first-order valence-corrected chi connectivity index (χ1v) is 8.17. The van der Waals surface area contributed by atoms with Gasteiger partial charge < -0.3 is 10.1 Å². The molecule has 0 aliphatic heterocycles. The Morgan fingerprint density at radius 3 is 2.55 bits per heavy atom. The van der Waals surface area contributed by atoms with Crippen molar-refractivity contribution in [1.29, 1.82) is 0 Å². The van der Waals surface area contributed by atoms with E-state index in [-0.39, 0.29) is 0 Å². The summed E-state index contributed by atoms with van der Waals surface area (Å²) in [6.45, 7) is 3.00. The second-order valence-electron chi connectivity index (χ2n) is 6.34. The minimum absolute atomic E-state index is 0.371. The summed E-state index contributed by atoms with van der Waals surface area (Å²) in [5.74, 6) is 0.824. The van der Waals surface area contributed by atoms with E-state index in [0.717, 1.165) is 24.2 Å². The number of nitrogens with one attached hydrogen (secondary N) is 1. The third kappa shape index (κ3) is 4.20. The summed E-state index contributed by atoms with van der Waals surface area (Å²) < 4.78 is 6.14. The van der Waals surface area contributed by atoms with Crippen LogP contribution in [0, 0.1) is 6.92 Å². The molecule has 2 saturated carbocycles. The number of pyridine rings is 1. The molecule has 0 unspecified atom stereocenters. The van der Waals surface area contributed by atoms with Crippen molar-refractivity contribution in [3.63, 3.8) is 0 Å². The predicted molar refractivity (Wildman–Crippen MR) is 81.0 cm³/mol. The van der Waals surface area contributed by atoms with Gasteiger partial charge in [0.2, 0.25) is 5.88 Å². The Kier molecular flexibility index (Phi) is 4.56. The van der Waals surface area contributed by atoms with Crippen molar-refractivity contribution in [2.45, 2.75) is 77.0 Å². The lowest BCUT2D eigenvalue weighted by atomic mass is 10.1. The quantitative estimate of drug-likeness (QED) is 0.830. The van der Waals surface area contributed by atoms with Crippen LogP contribution in [0.4, 0.5) is 0 Å². The van der Waals surface area contributed by atoms with Gasteiger partial charge >= 0.3 is 0 Å². The van der Waals surface area contributed by atoms with E-state index < -0.39 is 0 Å². The van der Waals surface area contributed by atoms with E-state index >= 15 is 0 Å². The van der Waals surface area contributed by atoms with Crippen LogP contribution in [0.3, 0.4) is 0 Å². The summed E-state index contributed by atoms with van der Waals surface area (Å²) >= 11 is 0. The normalized spacial score (nSPS) is 20.6. The standard InChI is InChI=1S/C17H26N2O/c1-13-10-14(12-18-15-8-9-15)11-17(19-13)20-16-6-4-2-3-5-7-16/h10-11,15-16,18H,2-9,12H2,1H3. The molecule has 0 atom stereocenters. The van der Waals surface area contributed by atoms with Crippen LogP contribution in [0.2, 0.25) is 0 Å². The Bertz CT molecular complexity index is 435. The maximum Gasteiger partial charge on any atom is 0.214 e. The van der Waals surface area contributed by atoms with E-state index in [4.69, 9.17) is 4.74 Å². The van der Waals surface area contributed by atoms with Crippen molar-refractivity contribution in [1.82, 2.24) is 10.3 Å². The third-order valence-corrected chi connectivity index (χ3v) is 4.25. The van der Waals surface area contributed by atoms with Crippen molar-refractivity contribution >= 4 is 0 Å². The Morgan fingerprint density at radius 2 is 1.85 bits per heavy atom. The molecule has 1 heterocycles. The molecule has 2 aliphatic carbocycles. The maximum absolute atomic E-state index is 6.14. The smallest absolute Gasteiger partial charge is 0.214 e. The minimum atomic E-state index is 0.371. The van der Waals surface area contributed by atoms with Crippen LogP contribution in [0.25, 0.3) is 0 Å². The molecule has 0 saturated heterocycles. The zero-order valence-corrected chi connectivity index (χ0v) is 12.5. The molecule has 20 heavy (non-hydrogen) atoms. The van der Waals surface area contributed by atoms with Crippen molar-refractivity contribution in [3.8, 4) is 5.88 Å². The van der Waals surface area contributed by atoms with Gasteiger partial charge in [0.05, 0.1) is 0 Å². The average molecular weight is 274 g/mol. The molecule has 0 bridgehead atoms. The fourth-order valence-corrected chi connectivity index (χ4v) is 2.95. The summed E-state index contributed by atoms with van der Waals surface area (Å²) in [5.41, 5.74) is 2.36. The molecule has 3 nitrogen and oxygen atoms in total. The van der Waals surface area contributed by atoms with Crippen LogP contribution in [-0.2, 0) is 6.54 Å². The largest absolute Gasteiger partial charge is 0.474 e. The van der Waals surface area contributed by atoms with Crippen LogP contribution in [-0.4, -0.2) is 17.1 Å². The number of nitrogens with zero attached hydrogens (tertiary/aromatic N) is 1. The molecule has 2 fully saturated rings. The number of hydrogen-bond donors (Lipinski definition) is 1. The topological polar surface area (TPSA) is 34.1 Å². The molecule has 0 radical (unpaired) electrons. The van der Waals surface area contributed by atoms with Gasteiger partial charge in [-0.15, -0.1) is 0 Å². The van der Waals surface area contributed by atoms with E-state index in [9.17, 15) is 0 Å². The Hall–Kier alpha value is -1.09. The SMILES string of the molecule is Cc1cc(CNC2CC2)cc(OC2CCCCCC2)n1. The van der Waals surface area contributed by atoms with E-state index in [1.807, 2.05) is 0 Å². The molecule has 0 aromatic carbocycles. The highest BCUT2D eigenvalue weighted by molar-refractivity contribution is 5.25. The zero-order valence-electron chi connectivity index (χ0n) is 12.5. The van der Waals surface area contributed by atoms with E-state index in [0.29, 0.717) is 6.10 Å². The number of hydrogen-bond acceptors (Lipinski definition) is 3. The van der Waals surface area contributed by atoms with Gasteiger partial charge in [-0.05, 0) is 57.1 Å². The Morgan fingerprint density at radius 1 is 1.10 bits per heavy atom. The molecule has 0 amide bonds. The van der Waals surface area contributed by atoms with Crippen molar-refractivity contribution in [2.75, 3.05) is 0 Å². The minimum Gasteiger partial charge on any atom is -0.474 e. The van der Waals surface area contributed by atoms with Crippen LogP contribution >= 0.6 is 0 Å². The van der Waals surface area contributed by atoms with Crippen molar-refractivity contribution in [3.05, 3.63) is 23.4 Å². The van der Waals surface area contributed by atoms with Gasteiger partial charge in [-0.2, -0.15) is 0 Å². The second-order valence-corrected chi connectivity index (χ2v) is 6.34. The van der Waals surface area contributed by atoms with E-state index in [1.165, 1.54) is 56.9 Å². The molecule has 0 spiro atoms. The Labute approximate surface area is 122 Å². The Balaban J connectivity index is 1.61. The van der Waals surface area contributed by atoms with Gasteiger partial charge in [-0.1, -0.05) is 12.8 Å². The molecule has 1 aromatic rings. The van der Waals surface area contributed by atoms with Crippen LogP contribution in [0.1, 0.15) is 62.6 Å². The third-order valence-electron chi connectivity index (χ3n) is 4.25. The first-order chi connectivity index (χ1) is 9.79. The summed E-state index contributed by atoms with van der Waals surface area (Å²) in [5, 5.41) is 3.56. The summed E-state index contributed by atoms with van der Waals surface area (Å²) in [6, 6.07) is 5.03. The van der Waals surface area contributed by atoms with Gasteiger partial charge in [0.1, 0.15) is 6.10 Å². The van der Waals surface area contributed by atoms with Gasteiger partial charge in [-0.25, -0.2) is 4.98 Å². The molecular weight excluding hydrogens is 248 g/mol. The molecular formula is C17H26N2O. The lowest BCUT2D eigenvalue weighted by molar-refractivity contribution is 0.175. The van der Waals surface area contributed by atoms with Gasteiger partial charge in [-0.3, -0.25) is 0 Å². The van der Waals surface area contributed by atoms with Gasteiger partial charge in [0.15, 0.2) is 0 Å². The van der Waals surface area contributed by atoms with Crippen LogP contribution in [0.5, 0.6) is 5.88 Å². The number of aryl methyl sites for hydroxylation is 1. The fourth-order valence-electron chi connectivity index (χ4n) is 2.95. The highest BCUT2D eigenvalue weighted by Crippen LogP contribution is 2.23. The first kappa shape index (κ1) is 13.9. The van der Waals surface area contributed by atoms with Crippen LogP contribution in [0.15, 0.2) is 12.1 Å². The first-order valence-electron chi connectivity index (χ1n) is 8.17. The fraction of sp³-hybridized carbons (Fsp3) is 0.706. The zero-order chi connectivity index (χ0) is 13.8. The number of ether oxygens (including phenoxy) is 1. The second kappa shape index (κ2) is 6.57. The van der Waals surface area contributed by atoms with Gasteiger partial charge in [0.25, 0.3) is 0 Å². The maximum atomic E-state index is 6.14. The lowest BCUT2D eigenvalue weighted by Gasteiger charge is -2.17. The number of aromatic nitrogens is 1. The molecule has 3 heteroatoms. The van der Waals surface area contributed by atoms with Crippen LogP contribution < -0.4 is 10.1 Å². The summed E-state index contributed by atoms with van der Waals surface area (Å²) in [7, 11) is 0. The van der Waals surface area contributed by atoms with Crippen molar-refractivity contribution < 1.29 is 4.74 Å². The van der Waals surface area contributed by atoms with E-state index in [1.54, 1.807) is 0 Å². The molecule has 1 N–H and O–H groups in total. The molecule has 3 rings (SSSR count). The predicted octanol–water partition coefficient (Wildman–Crippen LogP) is 3.74. The lowest BCUT2D eigenvalue weighted by Crippen LogP contribution is -2.18. The average Bonchev–Trinajstić information content (AvgIpc) is 3.24. The highest BCUT2D eigenvalue weighted by atomic mass is 16.5. The summed E-state index contributed by atoms with van der Waals surface area (Å²) in [4.78, 5) is 4.55. The number of rotatable bonds is 5. The monoisotopic (exact) mass is 274 g/mol. The molecule has 1 aromatic heterocycles. The van der Waals surface area contributed by atoms with Crippen molar-refractivity contribution in [2.24, 2.45) is 0 Å². The summed E-state index contributed by atoms with van der Waals surface area (Å²) in [6.07, 6.45) is 10.7. The van der Waals surface area contributed by atoms with Gasteiger partial charge in [0, 0.05) is 24.3 Å². The molecule has 110 valence electrons. The molecule has 2 aliphatic rings. The highest BCUT2D eigenvalue weighted by Gasteiger charge is 2.20. The van der Waals surface area contributed by atoms with E-state index in [2.05, 4.69) is 29.4 Å².